The van der Waals surface area contributed by atoms with E-state index in [1.807, 2.05) is 32.0 Å². The van der Waals surface area contributed by atoms with Gasteiger partial charge in [-0.3, -0.25) is 9.59 Å². The topological polar surface area (TPSA) is 67.9 Å². The summed E-state index contributed by atoms with van der Waals surface area (Å²) in [6, 6.07) is 10.9. The Kier molecular flexibility index (Phi) is 4.84. The van der Waals surface area contributed by atoms with E-state index >= 15 is 0 Å². The number of carbonyl (C=O) groups is 2. The van der Waals surface area contributed by atoms with E-state index in [-0.39, 0.29) is 18.4 Å². The van der Waals surface area contributed by atoms with Crippen LogP contribution in [0, 0.1) is 13.8 Å². The van der Waals surface area contributed by atoms with Crippen LogP contribution in [0.25, 0.3) is 0 Å². The standard InChI is InChI=1S/C20H22N2O4/c1-12-5-7-16(9-13(12)2)26-14(3)20(24)21-15-6-8-18-17(10-15)22(4)19(23)11-25-18/h5-10,14H,11H2,1-4H3,(H,21,24). The lowest BCUT2D eigenvalue weighted by Crippen LogP contribution is -2.35. The molecule has 0 saturated heterocycles. The summed E-state index contributed by atoms with van der Waals surface area (Å²) in [5.41, 5.74) is 3.48. The Morgan fingerprint density at radius 2 is 1.96 bits per heavy atom. The molecule has 1 atom stereocenters. The Labute approximate surface area is 152 Å². The molecule has 2 aromatic rings. The summed E-state index contributed by atoms with van der Waals surface area (Å²) >= 11 is 0. The summed E-state index contributed by atoms with van der Waals surface area (Å²) in [7, 11) is 1.68. The predicted molar refractivity (Wildman–Crippen MR) is 100.0 cm³/mol. The second-order valence-corrected chi connectivity index (χ2v) is 6.42. The highest BCUT2D eigenvalue weighted by Gasteiger charge is 2.23. The minimum Gasteiger partial charge on any atom is -0.482 e. The summed E-state index contributed by atoms with van der Waals surface area (Å²) in [5, 5.41) is 2.82. The van der Waals surface area contributed by atoms with E-state index in [0.717, 1.165) is 5.56 Å². The molecule has 1 unspecified atom stereocenters. The number of aryl methyl sites for hydroxylation is 2. The molecule has 1 N–H and O–H groups in total. The number of benzene rings is 2. The summed E-state index contributed by atoms with van der Waals surface area (Å²) < 4.78 is 11.1. The molecule has 1 aliphatic rings. The molecule has 0 aromatic heterocycles. The second kappa shape index (κ2) is 7.07. The Hall–Kier alpha value is -3.02. The van der Waals surface area contributed by atoms with Crippen LogP contribution >= 0.6 is 0 Å². The number of nitrogens with zero attached hydrogens (tertiary/aromatic N) is 1. The molecule has 1 heterocycles. The average Bonchev–Trinajstić information content (AvgIpc) is 2.61. The number of carbonyl (C=O) groups excluding carboxylic acids is 2. The number of anilines is 2. The minimum atomic E-state index is -0.663. The van der Waals surface area contributed by atoms with Crippen LogP contribution in [-0.2, 0) is 9.59 Å². The van der Waals surface area contributed by atoms with E-state index in [1.165, 1.54) is 10.5 Å². The molecule has 26 heavy (non-hydrogen) atoms. The molecule has 0 radical (unpaired) electrons. The number of nitrogens with one attached hydrogen (secondary N) is 1. The summed E-state index contributed by atoms with van der Waals surface area (Å²) in [6.45, 7) is 5.74. The zero-order valence-corrected chi connectivity index (χ0v) is 15.3. The van der Waals surface area contributed by atoms with Gasteiger partial charge in [-0.2, -0.15) is 0 Å². The van der Waals surface area contributed by atoms with Crippen molar-refractivity contribution >= 4 is 23.2 Å². The molecule has 2 amide bonds. The highest BCUT2D eigenvalue weighted by molar-refractivity contribution is 5.99. The van der Waals surface area contributed by atoms with Gasteiger partial charge in [0, 0.05) is 12.7 Å². The fraction of sp³-hybridized carbons (Fsp3) is 0.300. The summed E-state index contributed by atoms with van der Waals surface area (Å²) in [4.78, 5) is 25.7. The Morgan fingerprint density at radius 3 is 2.69 bits per heavy atom. The number of fused-ring (bicyclic) bond motifs is 1. The summed E-state index contributed by atoms with van der Waals surface area (Å²) in [5.74, 6) is 0.866. The van der Waals surface area contributed by atoms with Gasteiger partial charge in [0.15, 0.2) is 12.7 Å². The largest absolute Gasteiger partial charge is 0.482 e. The maximum absolute atomic E-state index is 12.4. The smallest absolute Gasteiger partial charge is 0.265 e. The van der Waals surface area contributed by atoms with E-state index in [4.69, 9.17) is 9.47 Å². The van der Waals surface area contributed by atoms with Crippen LogP contribution in [0.5, 0.6) is 11.5 Å². The second-order valence-electron chi connectivity index (χ2n) is 6.42. The van der Waals surface area contributed by atoms with Gasteiger partial charge in [-0.15, -0.1) is 0 Å². The number of likely N-dealkylation sites (N-methyl/N-ethyl adjacent to an activating group) is 1. The van der Waals surface area contributed by atoms with Gasteiger partial charge in [0.05, 0.1) is 5.69 Å². The quantitative estimate of drug-likeness (QED) is 0.916. The van der Waals surface area contributed by atoms with Gasteiger partial charge in [-0.1, -0.05) is 6.07 Å². The number of hydrogen-bond acceptors (Lipinski definition) is 4. The molecule has 2 aromatic carbocycles. The van der Waals surface area contributed by atoms with Gasteiger partial charge in [0.25, 0.3) is 11.8 Å². The predicted octanol–water partition coefficient (Wildman–Crippen LogP) is 3.06. The first-order valence-corrected chi connectivity index (χ1v) is 8.43. The van der Waals surface area contributed by atoms with Gasteiger partial charge < -0.3 is 19.7 Å². The third-order valence-corrected chi connectivity index (χ3v) is 4.47. The van der Waals surface area contributed by atoms with Gasteiger partial charge in [-0.25, -0.2) is 0 Å². The number of amides is 2. The molecular weight excluding hydrogens is 332 g/mol. The maximum atomic E-state index is 12.4. The van der Waals surface area contributed by atoms with Gasteiger partial charge in [0.1, 0.15) is 11.5 Å². The Morgan fingerprint density at radius 1 is 1.19 bits per heavy atom. The highest BCUT2D eigenvalue weighted by atomic mass is 16.5. The molecule has 0 fully saturated rings. The number of ether oxygens (including phenoxy) is 2. The van der Waals surface area contributed by atoms with Crippen molar-refractivity contribution in [3.05, 3.63) is 47.5 Å². The zero-order chi connectivity index (χ0) is 18.8. The van der Waals surface area contributed by atoms with Crippen LogP contribution in [-0.4, -0.2) is 31.6 Å². The normalized spacial score (nSPS) is 14.3. The van der Waals surface area contributed by atoms with Crippen LogP contribution in [0.4, 0.5) is 11.4 Å². The first-order valence-electron chi connectivity index (χ1n) is 8.43. The van der Waals surface area contributed by atoms with Crippen molar-refractivity contribution in [1.82, 2.24) is 0 Å². The lowest BCUT2D eigenvalue weighted by Gasteiger charge is -2.26. The van der Waals surface area contributed by atoms with E-state index in [0.29, 0.717) is 22.9 Å². The molecular formula is C20H22N2O4. The van der Waals surface area contributed by atoms with Crippen molar-refractivity contribution in [2.75, 3.05) is 23.9 Å². The first-order chi connectivity index (χ1) is 12.3. The van der Waals surface area contributed by atoms with Crippen LogP contribution in [0.15, 0.2) is 36.4 Å². The van der Waals surface area contributed by atoms with Crippen molar-refractivity contribution in [2.45, 2.75) is 26.9 Å². The van der Waals surface area contributed by atoms with Crippen LogP contribution in [0.1, 0.15) is 18.1 Å². The van der Waals surface area contributed by atoms with E-state index in [9.17, 15) is 9.59 Å². The van der Waals surface area contributed by atoms with Gasteiger partial charge in [-0.05, 0) is 62.2 Å². The SMILES string of the molecule is Cc1ccc(OC(C)C(=O)Nc2ccc3c(c2)N(C)C(=O)CO3)cc1C. The first kappa shape index (κ1) is 17.8. The Balaban J connectivity index is 1.69. The lowest BCUT2D eigenvalue weighted by atomic mass is 10.1. The number of rotatable bonds is 4. The highest BCUT2D eigenvalue weighted by Crippen LogP contribution is 2.33. The average molecular weight is 354 g/mol. The zero-order valence-electron chi connectivity index (χ0n) is 15.3. The fourth-order valence-corrected chi connectivity index (χ4v) is 2.64. The van der Waals surface area contributed by atoms with Crippen LogP contribution in [0.2, 0.25) is 0 Å². The third-order valence-electron chi connectivity index (χ3n) is 4.47. The van der Waals surface area contributed by atoms with Crippen molar-refractivity contribution in [2.24, 2.45) is 0 Å². The van der Waals surface area contributed by atoms with E-state index < -0.39 is 6.10 Å². The lowest BCUT2D eigenvalue weighted by molar-refractivity contribution is -0.122. The molecule has 0 spiro atoms. The van der Waals surface area contributed by atoms with Crippen LogP contribution < -0.4 is 19.7 Å². The third kappa shape index (κ3) is 3.64. The van der Waals surface area contributed by atoms with Crippen molar-refractivity contribution in [3.63, 3.8) is 0 Å². The van der Waals surface area contributed by atoms with Crippen molar-refractivity contribution in [3.8, 4) is 11.5 Å². The molecule has 0 bridgehead atoms. The molecule has 6 heteroatoms. The van der Waals surface area contributed by atoms with E-state index in [2.05, 4.69) is 5.32 Å². The van der Waals surface area contributed by atoms with Crippen molar-refractivity contribution < 1.29 is 19.1 Å². The van der Waals surface area contributed by atoms with E-state index in [1.54, 1.807) is 32.2 Å². The molecule has 6 nitrogen and oxygen atoms in total. The van der Waals surface area contributed by atoms with Crippen molar-refractivity contribution in [1.29, 1.82) is 0 Å². The molecule has 136 valence electrons. The molecule has 1 aliphatic heterocycles. The number of hydrogen-bond donors (Lipinski definition) is 1. The summed E-state index contributed by atoms with van der Waals surface area (Å²) in [6.07, 6.45) is -0.663. The molecule has 0 aliphatic carbocycles. The Bertz CT molecular complexity index is 863. The molecule has 3 rings (SSSR count). The van der Waals surface area contributed by atoms with Gasteiger partial charge in [0.2, 0.25) is 0 Å². The molecule has 0 saturated carbocycles. The fourth-order valence-electron chi connectivity index (χ4n) is 2.64. The minimum absolute atomic E-state index is 0.0239. The maximum Gasteiger partial charge on any atom is 0.265 e. The van der Waals surface area contributed by atoms with Crippen LogP contribution in [0.3, 0.4) is 0 Å². The monoisotopic (exact) mass is 354 g/mol. The van der Waals surface area contributed by atoms with Gasteiger partial charge >= 0.3 is 0 Å².